The normalized spacial score (nSPS) is 12.2. The lowest BCUT2D eigenvalue weighted by atomic mass is 10.3. The number of ether oxygens (including phenoxy) is 1. The molecule has 1 amide bonds. The van der Waals surface area contributed by atoms with E-state index in [0.717, 1.165) is 5.52 Å². The molecule has 6 nitrogen and oxygen atoms in total. The van der Waals surface area contributed by atoms with Crippen molar-refractivity contribution in [3.8, 4) is 5.75 Å². The molecular formula is C16H14Cl2N4O2S. The maximum absolute atomic E-state index is 12.5. The standard InChI is InChI=1S/C16H14Cl2N4O2S/c1-8(15(23)20-11-5-9(17)3-4-13(11)24-2)25-16-21-12-6-10(18)7-19-14(12)22-16/h3-8H,1-2H3,(H,20,23)(H,19,21,22)/t8-/m1/s1. The molecule has 1 atom stereocenters. The Hall–Kier alpha value is -1.96. The Morgan fingerprint density at radius 3 is 2.88 bits per heavy atom. The van der Waals surface area contributed by atoms with E-state index in [1.54, 1.807) is 31.2 Å². The fourth-order valence-electron chi connectivity index (χ4n) is 2.14. The zero-order valence-electron chi connectivity index (χ0n) is 13.3. The molecule has 0 spiro atoms. The number of aromatic nitrogens is 3. The van der Waals surface area contributed by atoms with Crippen molar-refractivity contribution in [3.63, 3.8) is 0 Å². The number of H-pyrrole nitrogens is 1. The second-order valence-electron chi connectivity index (χ2n) is 5.16. The van der Waals surface area contributed by atoms with Crippen molar-refractivity contribution in [3.05, 3.63) is 40.5 Å². The number of benzene rings is 1. The van der Waals surface area contributed by atoms with Crippen LogP contribution in [0.4, 0.5) is 5.69 Å². The summed E-state index contributed by atoms with van der Waals surface area (Å²) in [5, 5.41) is 4.03. The lowest BCUT2D eigenvalue weighted by Crippen LogP contribution is -2.22. The maximum Gasteiger partial charge on any atom is 0.237 e. The molecule has 25 heavy (non-hydrogen) atoms. The second-order valence-corrected chi connectivity index (χ2v) is 7.36. The smallest absolute Gasteiger partial charge is 0.237 e. The number of aromatic amines is 1. The first-order valence-electron chi connectivity index (χ1n) is 7.28. The SMILES string of the molecule is COc1ccc(Cl)cc1NC(=O)[C@@H](C)Sc1nc2ncc(Cl)cc2[nH]1. The first-order chi connectivity index (χ1) is 12.0. The number of imidazole rings is 1. The van der Waals surface area contributed by atoms with Gasteiger partial charge in [-0.05, 0) is 31.2 Å². The van der Waals surface area contributed by atoms with Crippen molar-refractivity contribution in [1.82, 2.24) is 15.0 Å². The molecule has 0 radical (unpaired) electrons. The fourth-order valence-corrected chi connectivity index (χ4v) is 3.28. The predicted octanol–water partition coefficient (Wildman–Crippen LogP) is 4.39. The van der Waals surface area contributed by atoms with Crippen LogP contribution in [0.25, 0.3) is 11.2 Å². The van der Waals surface area contributed by atoms with E-state index in [1.807, 2.05) is 0 Å². The molecule has 0 aliphatic heterocycles. The number of anilines is 1. The lowest BCUT2D eigenvalue weighted by molar-refractivity contribution is -0.115. The molecule has 0 aliphatic rings. The molecule has 2 N–H and O–H groups in total. The van der Waals surface area contributed by atoms with Crippen LogP contribution in [0.5, 0.6) is 5.75 Å². The maximum atomic E-state index is 12.5. The number of fused-ring (bicyclic) bond motifs is 1. The number of pyridine rings is 1. The molecular weight excluding hydrogens is 383 g/mol. The summed E-state index contributed by atoms with van der Waals surface area (Å²) in [6.07, 6.45) is 1.53. The fraction of sp³-hybridized carbons (Fsp3) is 0.188. The van der Waals surface area contributed by atoms with Gasteiger partial charge in [0.1, 0.15) is 5.75 Å². The summed E-state index contributed by atoms with van der Waals surface area (Å²) in [5.41, 5.74) is 1.79. The molecule has 0 aliphatic carbocycles. The van der Waals surface area contributed by atoms with E-state index in [0.29, 0.717) is 32.3 Å². The molecule has 0 saturated heterocycles. The quantitative estimate of drug-likeness (QED) is 0.624. The van der Waals surface area contributed by atoms with E-state index < -0.39 is 5.25 Å². The van der Waals surface area contributed by atoms with E-state index >= 15 is 0 Å². The number of thioether (sulfide) groups is 1. The molecule has 0 unspecified atom stereocenters. The van der Waals surface area contributed by atoms with Crippen LogP contribution in [0.1, 0.15) is 6.92 Å². The Kier molecular flexibility index (Phi) is 5.36. The van der Waals surface area contributed by atoms with E-state index in [1.165, 1.54) is 25.1 Å². The number of rotatable bonds is 5. The van der Waals surface area contributed by atoms with E-state index in [2.05, 4.69) is 20.3 Å². The Labute approximate surface area is 158 Å². The Bertz CT molecular complexity index is 932. The van der Waals surface area contributed by atoms with Crippen molar-refractivity contribution in [2.45, 2.75) is 17.3 Å². The largest absolute Gasteiger partial charge is 0.495 e. The first kappa shape index (κ1) is 17.8. The molecule has 130 valence electrons. The number of carbonyl (C=O) groups is 1. The van der Waals surface area contributed by atoms with Crippen molar-refractivity contribution in [2.75, 3.05) is 12.4 Å². The van der Waals surface area contributed by atoms with Crippen molar-refractivity contribution < 1.29 is 9.53 Å². The average Bonchev–Trinajstić information content (AvgIpc) is 2.96. The summed E-state index contributed by atoms with van der Waals surface area (Å²) >= 11 is 13.2. The summed E-state index contributed by atoms with van der Waals surface area (Å²) in [6, 6.07) is 6.77. The van der Waals surface area contributed by atoms with Crippen LogP contribution in [0.15, 0.2) is 35.6 Å². The van der Waals surface area contributed by atoms with Gasteiger partial charge in [-0.3, -0.25) is 4.79 Å². The number of nitrogens with one attached hydrogen (secondary N) is 2. The minimum absolute atomic E-state index is 0.197. The number of methoxy groups -OCH3 is 1. The van der Waals surface area contributed by atoms with Gasteiger partial charge in [0.2, 0.25) is 5.91 Å². The highest BCUT2D eigenvalue weighted by molar-refractivity contribution is 8.00. The highest BCUT2D eigenvalue weighted by Gasteiger charge is 2.18. The molecule has 0 bridgehead atoms. The number of hydrogen-bond donors (Lipinski definition) is 2. The van der Waals surface area contributed by atoms with Crippen molar-refractivity contribution in [2.24, 2.45) is 0 Å². The molecule has 1 aromatic carbocycles. The van der Waals surface area contributed by atoms with Gasteiger partial charge in [-0.15, -0.1) is 0 Å². The molecule has 3 rings (SSSR count). The third kappa shape index (κ3) is 4.18. The molecule has 3 aromatic rings. The van der Waals surface area contributed by atoms with Gasteiger partial charge in [0, 0.05) is 11.2 Å². The van der Waals surface area contributed by atoms with Crippen LogP contribution in [-0.4, -0.2) is 33.2 Å². The number of halogens is 2. The second kappa shape index (κ2) is 7.51. The Morgan fingerprint density at radius 1 is 1.32 bits per heavy atom. The summed E-state index contributed by atoms with van der Waals surface area (Å²) in [5.74, 6) is 0.342. The van der Waals surface area contributed by atoms with Gasteiger partial charge in [0.05, 0.1) is 28.6 Å². The highest BCUT2D eigenvalue weighted by atomic mass is 35.5. The number of amides is 1. The van der Waals surface area contributed by atoms with Gasteiger partial charge < -0.3 is 15.0 Å². The number of hydrogen-bond acceptors (Lipinski definition) is 5. The van der Waals surface area contributed by atoms with Crippen LogP contribution < -0.4 is 10.1 Å². The van der Waals surface area contributed by atoms with Crippen LogP contribution >= 0.6 is 35.0 Å². The molecule has 2 heterocycles. The zero-order valence-corrected chi connectivity index (χ0v) is 15.7. The molecule has 0 fully saturated rings. The van der Waals surface area contributed by atoms with Gasteiger partial charge in [-0.2, -0.15) is 0 Å². The zero-order chi connectivity index (χ0) is 18.0. The number of nitrogens with zero attached hydrogens (tertiary/aromatic N) is 2. The minimum atomic E-state index is -0.403. The average molecular weight is 397 g/mol. The molecule has 0 saturated carbocycles. The van der Waals surface area contributed by atoms with Crippen LogP contribution in [0, 0.1) is 0 Å². The number of carbonyl (C=O) groups excluding carboxylic acids is 1. The Morgan fingerprint density at radius 2 is 2.12 bits per heavy atom. The van der Waals surface area contributed by atoms with E-state index in [-0.39, 0.29) is 5.91 Å². The third-order valence-electron chi connectivity index (χ3n) is 3.36. The summed E-state index contributed by atoms with van der Waals surface area (Å²) in [4.78, 5) is 24.0. The van der Waals surface area contributed by atoms with E-state index in [4.69, 9.17) is 27.9 Å². The van der Waals surface area contributed by atoms with Gasteiger partial charge in [0.25, 0.3) is 0 Å². The van der Waals surface area contributed by atoms with Crippen LogP contribution in [-0.2, 0) is 4.79 Å². The molecule has 2 aromatic heterocycles. The highest BCUT2D eigenvalue weighted by Crippen LogP contribution is 2.29. The summed E-state index contributed by atoms with van der Waals surface area (Å²) in [6.45, 7) is 1.78. The monoisotopic (exact) mass is 396 g/mol. The first-order valence-corrected chi connectivity index (χ1v) is 8.92. The van der Waals surface area contributed by atoms with Crippen LogP contribution in [0.2, 0.25) is 10.0 Å². The molecule has 9 heteroatoms. The summed E-state index contributed by atoms with van der Waals surface area (Å²) < 4.78 is 5.23. The third-order valence-corrected chi connectivity index (χ3v) is 4.79. The van der Waals surface area contributed by atoms with Crippen molar-refractivity contribution in [1.29, 1.82) is 0 Å². The van der Waals surface area contributed by atoms with Gasteiger partial charge in [-0.25, -0.2) is 9.97 Å². The lowest BCUT2D eigenvalue weighted by Gasteiger charge is -2.13. The van der Waals surface area contributed by atoms with Crippen LogP contribution in [0.3, 0.4) is 0 Å². The van der Waals surface area contributed by atoms with Gasteiger partial charge >= 0.3 is 0 Å². The minimum Gasteiger partial charge on any atom is -0.495 e. The predicted molar refractivity (Wildman–Crippen MR) is 101 cm³/mol. The van der Waals surface area contributed by atoms with Gasteiger partial charge in [0.15, 0.2) is 10.8 Å². The van der Waals surface area contributed by atoms with E-state index in [9.17, 15) is 4.79 Å². The Balaban J connectivity index is 1.72. The summed E-state index contributed by atoms with van der Waals surface area (Å²) in [7, 11) is 1.53. The topological polar surface area (TPSA) is 79.9 Å². The van der Waals surface area contributed by atoms with Crippen molar-refractivity contribution >= 4 is 57.7 Å². The van der Waals surface area contributed by atoms with Gasteiger partial charge in [-0.1, -0.05) is 35.0 Å².